The molecule has 1 atom stereocenters. The molecule has 22 heavy (non-hydrogen) atoms. The maximum atomic E-state index is 10.7. The van der Waals surface area contributed by atoms with Crippen LogP contribution in [0.2, 0.25) is 0 Å². The van der Waals surface area contributed by atoms with Crippen molar-refractivity contribution in [3.8, 4) is 5.75 Å². The van der Waals surface area contributed by atoms with Crippen molar-refractivity contribution >= 4 is 5.97 Å². The molecule has 0 radical (unpaired) electrons. The van der Waals surface area contributed by atoms with Crippen LogP contribution in [0.5, 0.6) is 5.75 Å². The van der Waals surface area contributed by atoms with Gasteiger partial charge in [-0.1, -0.05) is 30.3 Å². The van der Waals surface area contributed by atoms with Crippen LogP contribution >= 0.6 is 0 Å². The first-order valence-electron chi connectivity index (χ1n) is 7.69. The number of benzene rings is 2. The monoisotopic (exact) mass is 296 g/mol. The summed E-state index contributed by atoms with van der Waals surface area (Å²) in [4.78, 5) is 10.7. The zero-order valence-corrected chi connectivity index (χ0v) is 12.7. The van der Waals surface area contributed by atoms with Crippen molar-refractivity contribution in [3.05, 3.63) is 64.7 Å². The molecule has 0 spiro atoms. The van der Waals surface area contributed by atoms with Gasteiger partial charge in [0, 0.05) is 6.42 Å². The molecule has 1 aliphatic rings. The Morgan fingerprint density at radius 2 is 2.09 bits per heavy atom. The number of hydrogen-bond donors (Lipinski definition) is 1. The average Bonchev–Trinajstić information content (AvgIpc) is 2.90. The van der Waals surface area contributed by atoms with Crippen LogP contribution in [0.4, 0.5) is 0 Å². The zero-order chi connectivity index (χ0) is 15.5. The van der Waals surface area contributed by atoms with Gasteiger partial charge >= 0.3 is 5.97 Å². The van der Waals surface area contributed by atoms with Gasteiger partial charge in [0.1, 0.15) is 11.9 Å². The summed E-state index contributed by atoms with van der Waals surface area (Å²) in [5, 5.41) is 8.78. The third kappa shape index (κ3) is 3.14. The van der Waals surface area contributed by atoms with Gasteiger partial charge in [-0.05, 0) is 60.6 Å². The van der Waals surface area contributed by atoms with Crippen molar-refractivity contribution in [1.29, 1.82) is 0 Å². The fraction of sp³-hybridized carbons (Fsp3) is 0.316. The largest absolute Gasteiger partial charge is 0.486 e. The zero-order valence-electron chi connectivity index (χ0n) is 12.7. The highest BCUT2D eigenvalue weighted by atomic mass is 16.5. The quantitative estimate of drug-likeness (QED) is 0.904. The summed E-state index contributed by atoms with van der Waals surface area (Å²) < 4.78 is 6.15. The Labute approximate surface area is 130 Å². The Kier molecular flexibility index (Phi) is 4.14. The standard InChI is InChI=1S/C19H20O3/c1-13-12-16(9-6-14(13)8-11-19(20)21)22-18-10-7-15-4-2-3-5-17(15)18/h2-6,9,12,18H,7-8,10-11H2,1H3,(H,20,21)/t18-/m0/s1. The van der Waals surface area contributed by atoms with Gasteiger partial charge in [-0.3, -0.25) is 4.79 Å². The van der Waals surface area contributed by atoms with Crippen LogP contribution in [-0.4, -0.2) is 11.1 Å². The lowest BCUT2D eigenvalue weighted by Crippen LogP contribution is -2.04. The van der Waals surface area contributed by atoms with Gasteiger partial charge < -0.3 is 9.84 Å². The topological polar surface area (TPSA) is 46.5 Å². The van der Waals surface area contributed by atoms with E-state index in [0.29, 0.717) is 6.42 Å². The van der Waals surface area contributed by atoms with Gasteiger partial charge in [0.25, 0.3) is 0 Å². The maximum absolute atomic E-state index is 10.7. The van der Waals surface area contributed by atoms with Crippen LogP contribution < -0.4 is 4.74 Å². The van der Waals surface area contributed by atoms with Crippen molar-refractivity contribution < 1.29 is 14.6 Å². The summed E-state index contributed by atoms with van der Waals surface area (Å²) in [6.45, 7) is 2.01. The van der Waals surface area contributed by atoms with Crippen LogP contribution in [0.1, 0.15) is 41.2 Å². The van der Waals surface area contributed by atoms with Crippen LogP contribution in [0, 0.1) is 6.92 Å². The Morgan fingerprint density at radius 1 is 1.27 bits per heavy atom. The van der Waals surface area contributed by atoms with Crippen molar-refractivity contribution in [2.45, 2.75) is 38.7 Å². The smallest absolute Gasteiger partial charge is 0.303 e. The molecule has 3 rings (SSSR count). The number of rotatable bonds is 5. The highest BCUT2D eigenvalue weighted by Crippen LogP contribution is 2.35. The van der Waals surface area contributed by atoms with Crippen molar-refractivity contribution in [2.24, 2.45) is 0 Å². The summed E-state index contributed by atoms with van der Waals surface area (Å²) in [7, 11) is 0. The Bertz CT molecular complexity index is 691. The van der Waals surface area contributed by atoms with Crippen molar-refractivity contribution in [2.75, 3.05) is 0 Å². The minimum absolute atomic E-state index is 0.125. The highest BCUT2D eigenvalue weighted by Gasteiger charge is 2.23. The lowest BCUT2D eigenvalue weighted by atomic mass is 10.0. The molecule has 0 saturated heterocycles. The second-order valence-corrected chi connectivity index (χ2v) is 5.83. The highest BCUT2D eigenvalue weighted by molar-refractivity contribution is 5.67. The first-order valence-corrected chi connectivity index (χ1v) is 7.69. The Balaban J connectivity index is 1.72. The second-order valence-electron chi connectivity index (χ2n) is 5.83. The molecule has 0 aromatic heterocycles. The van der Waals surface area contributed by atoms with Gasteiger partial charge in [-0.25, -0.2) is 0 Å². The number of carboxylic acid groups (broad SMARTS) is 1. The first kappa shape index (κ1) is 14.6. The van der Waals surface area contributed by atoms with Crippen LogP contribution in [0.25, 0.3) is 0 Å². The van der Waals surface area contributed by atoms with E-state index in [1.165, 1.54) is 11.1 Å². The number of hydrogen-bond acceptors (Lipinski definition) is 2. The number of aliphatic carboxylic acids is 1. The molecule has 1 N–H and O–H groups in total. The van der Waals surface area contributed by atoms with Gasteiger partial charge in [-0.2, -0.15) is 0 Å². The molecule has 0 heterocycles. The van der Waals surface area contributed by atoms with Crippen LogP contribution in [0.15, 0.2) is 42.5 Å². The molecule has 2 aromatic rings. The molecular weight excluding hydrogens is 276 g/mol. The van der Waals surface area contributed by atoms with E-state index in [-0.39, 0.29) is 12.5 Å². The Hall–Kier alpha value is -2.29. The number of carboxylic acids is 1. The normalized spacial score (nSPS) is 16.3. The molecule has 0 fully saturated rings. The molecular formula is C19H20O3. The van der Waals surface area contributed by atoms with Gasteiger partial charge in [-0.15, -0.1) is 0 Å². The number of ether oxygens (including phenoxy) is 1. The summed E-state index contributed by atoms with van der Waals surface area (Å²) in [6, 6.07) is 14.4. The number of carbonyl (C=O) groups is 1. The number of fused-ring (bicyclic) bond motifs is 1. The molecule has 0 saturated carbocycles. The van der Waals surface area contributed by atoms with E-state index in [4.69, 9.17) is 9.84 Å². The van der Waals surface area contributed by atoms with Gasteiger partial charge in [0.2, 0.25) is 0 Å². The molecule has 0 aliphatic heterocycles. The van der Waals surface area contributed by atoms with Crippen LogP contribution in [-0.2, 0) is 17.6 Å². The molecule has 1 aliphatic carbocycles. The second kappa shape index (κ2) is 6.22. The maximum Gasteiger partial charge on any atom is 0.303 e. The molecule has 0 bridgehead atoms. The van der Waals surface area contributed by atoms with Crippen molar-refractivity contribution in [3.63, 3.8) is 0 Å². The number of aryl methyl sites for hydroxylation is 3. The van der Waals surface area contributed by atoms with Gasteiger partial charge in [0.05, 0.1) is 0 Å². The van der Waals surface area contributed by atoms with Crippen molar-refractivity contribution in [1.82, 2.24) is 0 Å². The molecule has 2 aromatic carbocycles. The van der Waals surface area contributed by atoms with E-state index in [0.717, 1.165) is 29.7 Å². The summed E-state index contributed by atoms with van der Waals surface area (Å²) in [5.74, 6) is 0.0977. The third-order valence-corrected chi connectivity index (χ3v) is 4.28. The predicted molar refractivity (Wildman–Crippen MR) is 85.3 cm³/mol. The van der Waals surface area contributed by atoms with E-state index >= 15 is 0 Å². The lowest BCUT2D eigenvalue weighted by molar-refractivity contribution is -0.136. The van der Waals surface area contributed by atoms with E-state index in [1.807, 2.05) is 25.1 Å². The molecule has 0 unspecified atom stereocenters. The van der Waals surface area contributed by atoms with E-state index in [1.54, 1.807) is 0 Å². The fourth-order valence-corrected chi connectivity index (χ4v) is 3.07. The van der Waals surface area contributed by atoms with E-state index < -0.39 is 5.97 Å². The summed E-state index contributed by atoms with van der Waals surface area (Å²) in [5.41, 5.74) is 4.82. The summed E-state index contributed by atoms with van der Waals surface area (Å²) in [6.07, 6.45) is 2.93. The fourth-order valence-electron chi connectivity index (χ4n) is 3.07. The van der Waals surface area contributed by atoms with E-state index in [2.05, 4.69) is 24.3 Å². The van der Waals surface area contributed by atoms with Crippen LogP contribution in [0.3, 0.4) is 0 Å². The third-order valence-electron chi connectivity index (χ3n) is 4.28. The Morgan fingerprint density at radius 3 is 2.86 bits per heavy atom. The minimum atomic E-state index is -0.762. The SMILES string of the molecule is Cc1cc(O[C@H]2CCc3ccccc32)ccc1CCC(=O)O. The minimum Gasteiger partial charge on any atom is -0.486 e. The van der Waals surface area contributed by atoms with Gasteiger partial charge in [0.15, 0.2) is 0 Å². The lowest BCUT2D eigenvalue weighted by Gasteiger charge is -2.16. The summed E-state index contributed by atoms with van der Waals surface area (Å²) >= 11 is 0. The molecule has 3 nitrogen and oxygen atoms in total. The average molecular weight is 296 g/mol. The molecule has 0 amide bonds. The predicted octanol–water partition coefficient (Wildman–Crippen LogP) is 4.08. The molecule has 114 valence electrons. The first-order chi connectivity index (χ1) is 10.6. The molecule has 3 heteroatoms. The van der Waals surface area contributed by atoms with E-state index in [9.17, 15) is 4.79 Å².